The van der Waals surface area contributed by atoms with Crippen molar-refractivity contribution >= 4 is 17.4 Å². The standard InChI is InChI=1S/C24H30N4O3/c1-14(2)17-7-9-18(10-8-17)21-20(22(29)19-13-25-16(4)26-15(19)3)23(30)24(31)28(21)12-11-27(5)6/h7-10,13-14,21,29H,11-12H2,1-6H3/b22-20+/t21-/m1/s1. The molecule has 1 aliphatic heterocycles. The zero-order chi connectivity index (χ0) is 22.9. The summed E-state index contributed by atoms with van der Waals surface area (Å²) in [7, 11) is 3.83. The van der Waals surface area contributed by atoms with E-state index < -0.39 is 17.7 Å². The number of carbonyl (C=O) groups excluding carboxylic acids is 2. The molecule has 1 aliphatic rings. The first kappa shape index (κ1) is 22.6. The molecule has 164 valence electrons. The van der Waals surface area contributed by atoms with Crippen LogP contribution in [0, 0.1) is 13.8 Å². The van der Waals surface area contributed by atoms with Crippen LogP contribution in [-0.2, 0) is 9.59 Å². The Morgan fingerprint density at radius 2 is 1.81 bits per heavy atom. The third-order valence-electron chi connectivity index (χ3n) is 5.60. The maximum atomic E-state index is 13.0. The van der Waals surface area contributed by atoms with Gasteiger partial charge in [-0.2, -0.15) is 0 Å². The van der Waals surface area contributed by atoms with Crippen LogP contribution in [0.1, 0.15) is 54.0 Å². The van der Waals surface area contributed by atoms with Gasteiger partial charge in [0.1, 0.15) is 11.6 Å². The second-order valence-electron chi connectivity index (χ2n) is 8.53. The van der Waals surface area contributed by atoms with E-state index in [1.807, 2.05) is 43.3 Å². The fourth-order valence-electron chi connectivity index (χ4n) is 3.79. The summed E-state index contributed by atoms with van der Waals surface area (Å²) in [5.74, 6) is -0.592. The van der Waals surface area contributed by atoms with Gasteiger partial charge in [-0.05, 0) is 45.0 Å². The first-order valence-electron chi connectivity index (χ1n) is 10.5. The van der Waals surface area contributed by atoms with Crippen molar-refractivity contribution < 1.29 is 14.7 Å². The van der Waals surface area contributed by atoms with E-state index in [9.17, 15) is 14.7 Å². The van der Waals surface area contributed by atoms with Crippen LogP contribution in [0.25, 0.3) is 5.76 Å². The van der Waals surface area contributed by atoms with Crippen molar-refractivity contribution in [2.75, 3.05) is 27.2 Å². The number of aryl methyl sites for hydroxylation is 2. The third-order valence-corrected chi connectivity index (χ3v) is 5.60. The summed E-state index contributed by atoms with van der Waals surface area (Å²) in [6.45, 7) is 8.69. The molecule has 2 aromatic rings. The third kappa shape index (κ3) is 4.51. The number of Topliss-reactive ketones (excluding diaryl/α,β-unsaturated/α-hetero) is 1. The molecule has 7 nitrogen and oxygen atoms in total. The number of hydrogen-bond donors (Lipinski definition) is 1. The molecule has 3 rings (SSSR count). The number of ketones is 1. The second-order valence-corrected chi connectivity index (χ2v) is 8.53. The molecule has 0 bridgehead atoms. The van der Waals surface area contributed by atoms with Crippen molar-refractivity contribution in [3.05, 3.63) is 64.2 Å². The predicted octanol–water partition coefficient (Wildman–Crippen LogP) is 3.20. The van der Waals surface area contributed by atoms with Crippen LogP contribution in [-0.4, -0.2) is 63.7 Å². The molecular formula is C24H30N4O3. The Labute approximate surface area is 183 Å². The van der Waals surface area contributed by atoms with E-state index in [4.69, 9.17) is 0 Å². The normalized spacial score (nSPS) is 18.5. The minimum atomic E-state index is -0.686. The molecule has 1 atom stereocenters. The summed E-state index contributed by atoms with van der Waals surface area (Å²) in [6, 6.07) is 7.21. The molecule has 1 fully saturated rings. The lowest BCUT2D eigenvalue weighted by atomic mass is 9.93. The largest absolute Gasteiger partial charge is 0.507 e. The average molecular weight is 423 g/mol. The van der Waals surface area contributed by atoms with Gasteiger partial charge in [0.05, 0.1) is 22.9 Å². The van der Waals surface area contributed by atoms with Crippen LogP contribution in [0.2, 0.25) is 0 Å². The number of hydrogen-bond acceptors (Lipinski definition) is 6. The number of likely N-dealkylation sites (tertiary alicyclic amines) is 1. The molecule has 1 N–H and O–H groups in total. The number of amides is 1. The lowest BCUT2D eigenvalue weighted by Crippen LogP contribution is -2.35. The van der Waals surface area contributed by atoms with Crippen molar-refractivity contribution in [3.8, 4) is 0 Å². The van der Waals surface area contributed by atoms with Gasteiger partial charge in [0.15, 0.2) is 0 Å². The van der Waals surface area contributed by atoms with E-state index in [-0.39, 0.29) is 11.3 Å². The SMILES string of the molecule is Cc1ncc(/C(O)=C2\C(=O)C(=O)N(CCN(C)C)[C@@H]2c2ccc(C(C)C)cc2)c(C)n1. The number of rotatable bonds is 6. The molecule has 2 heterocycles. The van der Waals surface area contributed by atoms with Gasteiger partial charge in [0.2, 0.25) is 0 Å². The molecule has 1 aromatic carbocycles. The summed E-state index contributed by atoms with van der Waals surface area (Å²) in [6.07, 6.45) is 1.50. The summed E-state index contributed by atoms with van der Waals surface area (Å²) in [5, 5.41) is 11.1. The van der Waals surface area contributed by atoms with Gasteiger partial charge in [-0.25, -0.2) is 9.97 Å². The fraction of sp³-hybridized carbons (Fsp3) is 0.417. The number of likely N-dealkylation sites (N-methyl/N-ethyl adjacent to an activating group) is 1. The van der Waals surface area contributed by atoms with Crippen LogP contribution in [0.5, 0.6) is 0 Å². The molecular weight excluding hydrogens is 392 g/mol. The molecule has 1 amide bonds. The summed E-state index contributed by atoms with van der Waals surface area (Å²) >= 11 is 0. The molecule has 0 radical (unpaired) electrons. The number of nitrogens with zero attached hydrogens (tertiary/aromatic N) is 4. The van der Waals surface area contributed by atoms with Crippen molar-refractivity contribution in [1.29, 1.82) is 0 Å². The van der Waals surface area contributed by atoms with Gasteiger partial charge in [0, 0.05) is 19.3 Å². The molecule has 31 heavy (non-hydrogen) atoms. The highest BCUT2D eigenvalue weighted by Crippen LogP contribution is 2.39. The van der Waals surface area contributed by atoms with Gasteiger partial charge in [-0.3, -0.25) is 9.59 Å². The first-order valence-corrected chi connectivity index (χ1v) is 10.5. The molecule has 0 saturated carbocycles. The second kappa shape index (κ2) is 8.98. The van der Waals surface area contributed by atoms with Crippen molar-refractivity contribution in [3.63, 3.8) is 0 Å². The minimum absolute atomic E-state index is 0.0802. The highest BCUT2D eigenvalue weighted by Gasteiger charge is 2.46. The topological polar surface area (TPSA) is 86.6 Å². The van der Waals surface area contributed by atoms with Crippen molar-refractivity contribution in [1.82, 2.24) is 19.8 Å². The molecule has 1 saturated heterocycles. The monoisotopic (exact) mass is 422 g/mol. The highest BCUT2D eigenvalue weighted by atomic mass is 16.3. The molecule has 0 unspecified atom stereocenters. The van der Waals surface area contributed by atoms with Gasteiger partial charge in [0.25, 0.3) is 11.7 Å². The maximum absolute atomic E-state index is 13.0. The quantitative estimate of drug-likeness (QED) is 0.437. The van der Waals surface area contributed by atoms with E-state index in [2.05, 4.69) is 23.8 Å². The fourth-order valence-corrected chi connectivity index (χ4v) is 3.79. The van der Waals surface area contributed by atoms with E-state index in [0.29, 0.717) is 36.1 Å². The first-order chi connectivity index (χ1) is 14.6. The Bertz CT molecular complexity index is 1030. The number of aliphatic hydroxyl groups excluding tert-OH is 1. The summed E-state index contributed by atoms with van der Waals surface area (Å²) in [4.78, 5) is 37.9. The van der Waals surface area contributed by atoms with Crippen molar-refractivity contribution in [2.45, 2.75) is 39.7 Å². The van der Waals surface area contributed by atoms with Crippen LogP contribution in [0.3, 0.4) is 0 Å². The van der Waals surface area contributed by atoms with E-state index >= 15 is 0 Å². The zero-order valence-electron chi connectivity index (χ0n) is 19.0. The molecule has 1 aromatic heterocycles. The van der Waals surface area contributed by atoms with Crippen LogP contribution in [0.4, 0.5) is 0 Å². The average Bonchev–Trinajstić information content (AvgIpc) is 2.96. The summed E-state index contributed by atoms with van der Waals surface area (Å²) in [5.41, 5.74) is 2.95. The molecule has 7 heteroatoms. The Balaban J connectivity index is 2.16. The van der Waals surface area contributed by atoms with E-state index in [0.717, 1.165) is 11.1 Å². The Hall–Kier alpha value is -3.06. The lowest BCUT2D eigenvalue weighted by Gasteiger charge is -2.27. The van der Waals surface area contributed by atoms with Gasteiger partial charge < -0.3 is 14.9 Å². The number of aromatic nitrogens is 2. The van der Waals surface area contributed by atoms with E-state index in [1.54, 1.807) is 18.7 Å². The summed E-state index contributed by atoms with van der Waals surface area (Å²) < 4.78 is 0. The minimum Gasteiger partial charge on any atom is -0.507 e. The lowest BCUT2D eigenvalue weighted by molar-refractivity contribution is -0.140. The maximum Gasteiger partial charge on any atom is 0.295 e. The zero-order valence-corrected chi connectivity index (χ0v) is 19.0. The van der Waals surface area contributed by atoms with Gasteiger partial charge in [-0.15, -0.1) is 0 Å². The molecule has 0 spiro atoms. The predicted molar refractivity (Wildman–Crippen MR) is 120 cm³/mol. The van der Waals surface area contributed by atoms with Crippen LogP contribution in [0.15, 0.2) is 36.0 Å². The number of carbonyl (C=O) groups is 2. The Morgan fingerprint density at radius 1 is 1.16 bits per heavy atom. The Morgan fingerprint density at radius 3 is 2.35 bits per heavy atom. The van der Waals surface area contributed by atoms with Crippen molar-refractivity contribution in [2.24, 2.45) is 0 Å². The number of benzene rings is 1. The smallest absolute Gasteiger partial charge is 0.295 e. The molecule has 0 aliphatic carbocycles. The number of aliphatic hydroxyl groups is 1. The van der Waals surface area contributed by atoms with Gasteiger partial charge in [-0.1, -0.05) is 38.1 Å². The van der Waals surface area contributed by atoms with Crippen LogP contribution >= 0.6 is 0 Å². The Kier molecular flexibility index (Phi) is 6.55. The van der Waals surface area contributed by atoms with E-state index in [1.165, 1.54) is 6.20 Å². The van der Waals surface area contributed by atoms with Gasteiger partial charge >= 0.3 is 0 Å². The highest BCUT2D eigenvalue weighted by molar-refractivity contribution is 6.46. The van der Waals surface area contributed by atoms with Crippen LogP contribution < -0.4 is 0 Å².